The lowest BCUT2D eigenvalue weighted by atomic mass is 10.1. The molecule has 0 radical (unpaired) electrons. The van der Waals surface area contributed by atoms with Crippen molar-refractivity contribution in [2.24, 2.45) is 0 Å². The van der Waals surface area contributed by atoms with Crippen molar-refractivity contribution in [2.45, 2.75) is 39.3 Å². The summed E-state index contributed by atoms with van der Waals surface area (Å²) >= 11 is 0. The fourth-order valence-corrected chi connectivity index (χ4v) is 3.35. The Bertz CT molecular complexity index is 777. The minimum Gasteiger partial charge on any atom is -0.496 e. The monoisotopic (exact) mass is 342 g/mol. The molecule has 0 aromatic carbocycles. The lowest BCUT2D eigenvalue weighted by Gasteiger charge is -2.24. The van der Waals surface area contributed by atoms with Gasteiger partial charge in [-0.3, -0.25) is 9.88 Å². The van der Waals surface area contributed by atoms with E-state index in [1.807, 2.05) is 20.0 Å². The summed E-state index contributed by atoms with van der Waals surface area (Å²) in [7, 11) is 1.68. The SMILES string of the molecule is COc1c(C)cnc(CN2CCCC2c2ncc(C(=O)O)cn2)c1C. The first-order valence-corrected chi connectivity index (χ1v) is 8.29. The molecule has 0 amide bonds. The highest BCUT2D eigenvalue weighted by molar-refractivity contribution is 5.86. The van der Waals surface area contributed by atoms with Crippen LogP contribution >= 0.6 is 0 Å². The topological polar surface area (TPSA) is 88.4 Å². The number of aromatic carboxylic acids is 1. The summed E-state index contributed by atoms with van der Waals surface area (Å²) in [5.74, 6) is 0.531. The second kappa shape index (κ2) is 7.14. The van der Waals surface area contributed by atoms with E-state index in [1.165, 1.54) is 12.4 Å². The Morgan fingerprint density at radius 1 is 1.28 bits per heavy atom. The highest BCUT2D eigenvalue weighted by Crippen LogP contribution is 2.32. The molecule has 7 nitrogen and oxygen atoms in total. The van der Waals surface area contributed by atoms with Crippen LogP contribution < -0.4 is 4.74 Å². The number of carboxylic acids is 1. The molecule has 3 rings (SSSR count). The molecule has 1 unspecified atom stereocenters. The maximum atomic E-state index is 11.0. The lowest BCUT2D eigenvalue weighted by Crippen LogP contribution is -2.25. The average Bonchev–Trinajstić information content (AvgIpc) is 3.06. The summed E-state index contributed by atoms with van der Waals surface area (Å²) in [4.78, 5) is 26.4. The molecule has 2 aromatic rings. The van der Waals surface area contributed by atoms with Crippen molar-refractivity contribution in [2.75, 3.05) is 13.7 Å². The minimum atomic E-state index is -1.01. The van der Waals surface area contributed by atoms with E-state index in [9.17, 15) is 4.79 Å². The Morgan fingerprint density at radius 3 is 2.64 bits per heavy atom. The number of nitrogens with zero attached hydrogens (tertiary/aromatic N) is 4. The van der Waals surface area contributed by atoms with Crippen molar-refractivity contribution in [1.82, 2.24) is 19.9 Å². The second-order valence-corrected chi connectivity index (χ2v) is 6.31. The van der Waals surface area contributed by atoms with E-state index >= 15 is 0 Å². The van der Waals surface area contributed by atoms with Crippen molar-refractivity contribution in [3.63, 3.8) is 0 Å². The number of carbonyl (C=O) groups is 1. The van der Waals surface area contributed by atoms with Crippen LogP contribution in [0.1, 0.15) is 51.9 Å². The van der Waals surface area contributed by atoms with E-state index in [2.05, 4.69) is 19.9 Å². The number of aryl methyl sites for hydroxylation is 1. The van der Waals surface area contributed by atoms with Gasteiger partial charge in [0.1, 0.15) is 11.6 Å². The van der Waals surface area contributed by atoms with Gasteiger partial charge in [-0.05, 0) is 33.2 Å². The Labute approximate surface area is 146 Å². The first-order valence-electron chi connectivity index (χ1n) is 8.29. The summed E-state index contributed by atoms with van der Waals surface area (Å²) in [6.07, 6.45) is 6.59. The molecule has 0 aliphatic carbocycles. The van der Waals surface area contributed by atoms with Gasteiger partial charge in [-0.15, -0.1) is 0 Å². The number of carboxylic acid groups (broad SMARTS) is 1. The molecule has 0 bridgehead atoms. The van der Waals surface area contributed by atoms with Gasteiger partial charge in [0.05, 0.1) is 24.4 Å². The number of likely N-dealkylation sites (tertiary alicyclic amines) is 1. The molecule has 2 aromatic heterocycles. The van der Waals surface area contributed by atoms with Crippen LogP contribution in [0.25, 0.3) is 0 Å². The molecule has 1 fully saturated rings. The smallest absolute Gasteiger partial charge is 0.338 e. The summed E-state index contributed by atoms with van der Waals surface area (Å²) in [5.41, 5.74) is 3.16. The minimum absolute atomic E-state index is 0.0799. The highest BCUT2D eigenvalue weighted by Gasteiger charge is 2.29. The summed E-state index contributed by atoms with van der Waals surface area (Å²) in [6, 6.07) is 0.0799. The molecule has 1 aliphatic heterocycles. The Kier molecular flexibility index (Phi) is 4.94. The van der Waals surface area contributed by atoms with Crippen LogP contribution in [-0.2, 0) is 6.54 Å². The van der Waals surface area contributed by atoms with E-state index in [-0.39, 0.29) is 11.6 Å². The quantitative estimate of drug-likeness (QED) is 0.893. The van der Waals surface area contributed by atoms with Crippen molar-refractivity contribution in [3.8, 4) is 5.75 Å². The fraction of sp³-hybridized carbons (Fsp3) is 0.444. The van der Waals surface area contributed by atoms with Crippen LogP contribution in [0.2, 0.25) is 0 Å². The first-order chi connectivity index (χ1) is 12.0. The third-order valence-electron chi connectivity index (χ3n) is 4.68. The van der Waals surface area contributed by atoms with E-state index in [0.29, 0.717) is 12.4 Å². The molecule has 0 spiro atoms. The number of pyridine rings is 1. The van der Waals surface area contributed by atoms with Gasteiger partial charge in [0.25, 0.3) is 0 Å². The molecule has 1 atom stereocenters. The zero-order valence-electron chi connectivity index (χ0n) is 14.7. The molecule has 0 saturated carbocycles. The molecule has 132 valence electrons. The largest absolute Gasteiger partial charge is 0.496 e. The van der Waals surface area contributed by atoms with Gasteiger partial charge in [0, 0.05) is 36.3 Å². The van der Waals surface area contributed by atoms with E-state index in [0.717, 1.165) is 42.0 Å². The normalized spacial score (nSPS) is 17.6. The lowest BCUT2D eigenvalue weighted by molar-refractivity contribution is 0.0695. The van der Waals surface area contributed by atoms with Gasteiger partial charge in [0.2, 0.25) is 0 Å². The second-order valence-electron chi connectivity index (χ2n) is 6.31. The van der Waals surface area contributed by atoms with Crippen molar-refractivity contribution in [1.29, 1.82) is 0 Å². The standard InChI is InChI=1S/C18H22N4O3/c1-11-7-19-14(12(2)16(11)25-3)10-22-6-4-5-15(22)17-20-8-13(9-21-17)18(23)24/h7-9,15H,4-6,10H2,1-3H3,(H,23,24). The third kappa shape index (κ3) is 3.46. The van der Waals surface area contributed by atoms with Crippen LogP contribution in [0.4, 0.5) is 0 Å². The molecular formula is C18H22N4O3. The maximum absolute atomic E-state index is 11.0. The molecule has 1 saturated heterocycles. The van der Waals surface area contributed by atoms with Crippen molar-refractivity contribution >= 4 is 5.97 Å². The van der Waals surface area contributed by atoms with E-state index in [1.54, 1.807) is 7.11 Å². The number of methoxy groups -OCH3 is 1. The van der Waals surface area contributed by atoms with Crippen molar-refractivity contribution in [3.05, 3.63) is 46.8 Å². The summed E-state index contributed by atoms with van der Waals surface area (Å²) in [5, 5.41) is 8.98. The van der Waals surface area contributed by atoms with Crippen LogP contribution in [0.5, 0.6) is 5.75 Å². The maximum Gasteiger partial charge on any atom is 0.338 e. The molecule has 25 heavy (non-hydrogen) atoms. The van der Waals surface area contributed by atoms with E-state index in [4.69, 9.17) is 9.84 Å². The Morgan fingerprint density at radius 2 is 2.00 bits per heavy atom. The molecular weight excluding hydrogens is 320 g/mol. The van der Waals surface area contributed by atoms with Gasteiger partial charge >= 0.3 is 5.97 Å². The van der Waals surface area contributed by atoms with Crippen LogP contribution in [0.3, 0.4) is 0 Å². The third-order valence-corrected chi connectivity index (χ3v) is 4.68. The van der Waals surface area contributed by atoms with Crippen LogP contribution in [-0.4, -0.2) is 44.6 Å². The number of aromatic nitrogens is 3. The zero-order valence-corrected chi connectivity index (χ0v) is 14.7. The Balaban J connectivity index is 1.82. The first kappa shape index (κ1) is 17.3. The zero-order chi connectivity index (χ0) is 18.0. The summed E-state index contributed by atoms with van der Waals surface area (Å²) < 4.78 is 5.49. The van der Waals surface area contributed by atoms with Gasteiger partial charge < -0.3 is 9.84 Å². The number of hydrogen-bond donors (Lipinski definition) is 1. The average molecular weight is 342 g/mol. The number of hydrogen-bond acceptors (Lipinski definition) is 6. The predicted molar refractivity (Wildman–Crippen MR) is 91.6 cm³/mol. The van der Waals surface area contributed by atoms with Crippen LogP contribution in [0, 0.1) is 13.8 Å². The van der Waals surface area contributed by atoms with Crippen molar-refractivity contribution < 1.29 is 14.6 Å². The number of rotatable bonds is 5. The summed E-state index contributed by atoms with van der Waals surface area (Å²) in [6.45, 7) is 5.64. The van der Waals surface area contributed by atoms with Gasteiger partial charge in [-0.1, -0.05) is 0 Å². The molecule has 1 N–H and O–H groups in total. The van der Waals surface area contributed by atoms with Gasteiger partial charge in [-0.25, -0.2) is 14.8 Å². The highest BCUT2D eigenvalue weighted by atomic mass is 16.5. The van der Waals surface area contributed by atoms with E-state index < -0.39 is 5.97 Å². The Hall–Kier alpha value is -2.54. The van der Waals surface area contributed by atoms with Gasteiger partial charge in [-0.2, -0.15) is 0 Å². The fourth-order valence-electron chi connectivity index (χ4n) is 3.35. The molecule has 3 heterocycles. The molecule has 1 aliphatic rings. The number of ether oxygens (including phenoxy) is 1. The van der Waals surface area contributed by atoms with Crippen LogP contribution in [0.15, 0.2) is 18.6 Å². The predicted octanol–water partition coefficient (Wildman–Crippen LogP) is 2.53. The molecule has 7 heteroatoms. The van der Waals surface area contributed by atoms with Gasteiger partial charge in [0.15, 0.2) is 0 Å².